The summed E-state index contributed by atoms with van der Waals surface area (Å²) in [7, 11) is -2.39. The molecule has 3 aromatic carbocycles. The van der Waals surface area contributed by atoms with Gasteiger partial charge in [-0.1, -0.05) is 54.6 Å². The van der Waals surface area contributed by atoms with Crippen LogP contribution in [0.4, 0.5) is 5.69 Å². The molecule has 170 valence electrons. The molecule has 0 unspecified atom stereocenters. The average molecular weight is 467 g/mol. The minimum Gasteiger partial charge on any atom is -0.496 e. The lowest BCUT2D eigenvalue weighted by atomic mass is 10.0. The van der Waals surface area contributed by atoms with Gasteiger partial charge in [0.15, 0.2) is 6.61 Å². The van der Waals surface area contributed by atoms with Gasteiger partial charge in [-0.25, -0.2) is 18.4 Å². The van der Waals surface area contributed by atoms with E-state index in [1.165, 1.54) is 31.4 Å². The van der Waals surface area contributed by atoms with E-state index in [9.17, 15) is 18.0 Å². The van der Waals surface area contributed by atoms with E-state index in [-0.39, 0.29) is 16.2 Å². The molecular weight excluding hydrogens is 444 g/mol. The summed E-state index contributed by atoms with van der Waals surface area (Å²) in [4.78, 5) is 25.0. The molecule has 1 amide bonds. The van der Waals surface area contributed by atoms with Crippen LogP contribution in [-0.2, 0) is 24.3 Å². The van der Waals surface area contributed by atoms with Gasteiger partial charge in [0.2, 0.25) is 10.0 Å². The second-order valence-electron chi connectivity index (χ2n) is 6.86. The van der Waals surface area contributed by atoms with Crippen molar-refractivity contribution in [3.8, 4) is 5.75 Å². The normalized spacial score (nSPS) is 11.5. The summed E-state index contributed by atoms with van der Waals surface area (Å²) in [5.41, 5.74) is 1.72. The van der Waals surface area contributed by atoms with Crippen molar-refractivity contribution >= 4 is 39.2 Å². The Morgan fingerprint density at radius 3 is 2.36 bits per heavy atom. The Hall–Kier alpha value is -3.95. The number of esters is 1. The van der Waals surface area contributed by atoms with E-state index >= 15 is 0 Å². The minimum atomic E-state index is -3.92. The Kier molecular flexibility index (Phi) is 7.60. The predicted molar refractivity (Wildman–Crippen MR) is 125 cm³/mol. The van der Waals surface area contributed by atoms with E-state index in [1.807, 2.05) is 18.2 Å². The van der Waals surface area contributed by atoms with E-state index < -0.39 is 28.5 Å². The summed E-state index contributed by atoms with van der Waals surface area (Å²) < 4.78 is 33.5. The molecule has 3 N–H and O–H groups in total. The fourth-order valence-corrected chi connectivity index (χ4v) is 3.54. The van der Waals surface area contributed by atoms with Crippen LogP contribution >= 0.6 is 0 Å². The van der Waals surface area contributed by atoms with Crippen molar-refractivity contribution in [1.29, 1.82) is 0 Å². The first-order chi connectivity index (χ1) is 15.8. The lowest BCUT2D eigenvalue weighted by Crippen LogP contribution is -2.21. The van der Waals surface area contributed by atoms with Crippen LogP contribution in [0.3, 0.4) is 0 Å². The van der Waals surface area contributed by atoms with Gasteiger partial charge in [0.25, 0.3) is 5.91 Å². The lowest BCUT2D eigenvalue weighted by molar-refractivity contribution is -0.141. The zero-order chi connectivity index (χ0) is 23.8. The minimum absolute atomic E-state index is 0.150. The third kappa shape index (κ3) is 6.52. The van der Waals surface area contributed by atoms with Gasteiger partial charge < -0.3 is 14.8 Å². The maximum atomic E-state index is 12.9. The average Bonchev–Trinajstić information content (AvgIpc) is 2.81. The molecule has 0 aliphatic rings. The van der Waals surface area contributed by atoms with Crippen molar-refractivity contribution in [2.24, 2.45) is 5.14 Å². The van der Waals surface area contributed by atoms with Crippen molar-refractivity contribution in [2.45, 2.75) is 4.90 Å². The first-order valence-corrected chi connectivity index (χ1v) is 11.3. The van der Waals surface area contributed by atoms with Gasteiger partial charge in [0.1, 0.15) is 5.75 Å². The van der Waals surface area contributed by atoms with Crippen LogP contribution in [0.5, 0.6) is 5.75 Å². The predicted octanol–water partition coefficient (Wildman–Crippen LogP) is 3.07. The first-order valence-electron chi connectivity index (χ1n) is 9.78. The van der Waals surface area contributed by atoms with Gasteiger partial charge in [0.05, 0.1) is 17.6 Å². The molecule has 0 fully saturated rings. The lowest BCUT2D eigenvalue weighted by Gasteiger charge is -2.11. The monoisotopic (exact) mass is 466 g/mol. The molecule has 3 rings (SSSR count). The van der Waals surface area contributed by atoms with Crippen molar-refractivity contribution in [2.75, 3.05) is 19.0 Å². The second-order valence-corrected chi connectivity index (χ2v) is 8.42. The standard InChI is InChI=1S/C24H22N2O6S/c1-31-22-13-6-5-10-18(22)14-21(17-8-3-2-4-9-17)24(28)32-16-23(27)26-19-11-7-12-20(15-19)33(25,29)30/h2-15H,16H2,1H3,(H,26,27)(H2,25,29,30)/b21-14+. The number of anilines is 1. The number of nitrogens with one attached hydrogen (secondary N) is 1. The van der Waals surface area contributed by atoms with Gasteiger partial charge in [-0.15, -0.1) is 0 Å². The number of carbonyl (C=O) groups excluding carboxylic acids is 2. The summed E-state index contributed by atoms with van der Waals surface area (Å²) in [6.07, 6.45) is 1.63. The number of hydrogen-bond acceptors (Lipinski definition) is 6. The van der Waals surface area contributed by atoms with Gasteiger partial charge >= 0.3 is 5.97 Å². The van der Waals surface area contributed by atoms with Crippen LogP contribution in [0.2, 0.25) is 0 Å². The van der Waals surface area contributed by atoms with Gasteiger partial charge in [0, 0.05) is 11.3 Å². The van der Waals surface area contributed by atoms with Crippen LogP contribution in [-0.4, -0.2) is 34.0 Å². The molecule has 0 aromatic heterocycles. The highest BCUT2D eigenvalue weighted by Crippen LogP contribution is 2.25. The van der Waals surface area contributed by atoms with E-state index in [0.717, 1.165) is 0 Å². The highest BCUT2D eigenvalue weighted by Gasteiger charge is 2.17. The molecule has 0 aliphatic carbocycles. The summed E-state index contributed by atoms with van der Waals surface area (Å²) in [6, 6.07) is 21.5. The summed E-state index contributed by atoms with van der Waals surface area (Å²) in [5, 5.41) is 7.58. The molecule has 0 radical (unpaired) electrons. The number of benzene rings is 3. The Morgan fingerprint density at radius 1 is 0.970 bits per heavy atom. The maximum Gasteiger partial charge on any atom is 0.339 e. The molecule has 3 aromatic rings. The maximum absolute atomic E-state index is 12.9. The number of sulfonamides is 1. The Balaban J connectivity index is 1.77. The number of para-hydroxylation sites is 1. The number of rotatable bonds is 8. The third-order valence-electron chi connectivity index (χ3n) is 4.52. The van der Waals surface area contributed by atoms with Crippen LogP contribution in [0.25, 0.3) is 11.6 Å². The number of carbonyl (C=O) groups is 2. The highest BCUT2D eigenvalue weighted by atomic mass is 32.2. The highest BCUT2D eigenvalue weighted by molar-refractivity contribution is 7.89. The van der Waals surface area contributed by atoms with Crippen molar-refractivity contribution in [3.05, 3.63) is 90.0 Å². The number of methoxy groups -OCH3 is 1. The number of ether oxygens (including phenoxy) is 2. The van der Waals surface area contributed by atoms with Crippen LogP contribution in [0.1, 0.15) is 11.1 Å². The van der Waals surface area contributed by atoms with Gasteiger partial charge in [-0.3, -0.25) is 4.79 Å². The molecule has 0 heterocycles. The SMILES string of the molecule is COc1ccccc1/C=C(/C(=O)OCC(=O)Nc1cccc(S(N)(=O)=O)c1)c1ccccc1. The molecule has 0 atom stereocenters. The van der Waals surface area contributed by atoms with Crippen molar-refractivity contribution < 1.29 is 27.5 Å². The van der Waals surface area contributed by atoms with Crippen LogP contribution < -0.4 is 15.2 Å². The van der Waals surface area contributed by atoms with E-state index in [4.69, 9.17) is 14.6 Å². The zero-order valence-electron chi connectivity index (χ0n) is 17.7. The molecule has 9 heteroatoms. The van der Waals surface area contributed by atoms with Crippen molar-refractivity contribution in [3.63, 3.8) is 0 Å². The Bertz CT molecular complexity index is 1290. The molecule has 0 spiro atoms. The zero-order valence-corrected chi connectivity index (χ0v) is 18.5. The summed E-state index contributed by atoms with van der Waals surface area (Å²) >= 11 is 0. The fraction of sp³-hybridized carbons (Fsp3) is 0.0833. The van der Waals surface area contributed by atoms with E-state index in [1.54, 1.807) is 42.5 Å². The Labute approximate surface area is 191 Å². The molecule has 8 nitrogen and oxygen atoms in total. The molecule has 0 bridgehead atoms. The number of amides is 1. The van der Waals surface area contributed by atoms with Gasteiger partial charge in [-0.2, -0.15) is 0 Å². The first kappa shape index (κ1) is 23.7. The quantitative estimate of drug-likeness (QED) is 0.299. The summed E-state index contributed by atoms with van der Waals surface area (Å²) in [6.45, 7) is -0.575. The van der Waals surface area contributed by atoms with Crippen LogP contribution in [0.15, 0.2) is 83.8 Å². The Morgan fingerprint density at radius 2 is 1.67 bits per heavy atom. The van der Waals surface area contributed by atoms with E-state index in [0.29, 0.717) is 16.9 Å². The topological polar surface area (TPSA) is 125 Å². The largest absolute Gasteiger partial charge is 0.496 e. The molecule has 0 saturated carbocycles. The number of primary sulfonamides is 1. The van der Waals surface area contributed by atoms with Crippen molar-refractivity contribution in [1.82, 2.24) is 0 Å². The van der Waals surface area contributed by atoms with Gasteiger partial charge in [-0.05, 0) is 35.9 Å². The summed E-state index contributed by atoms with van der Waals surface area (Å²) in [5.74, 6) is -0.772. The molecular formula is C24H22N2O6S. The number of hydrogen-bond donors (Lipinski definition) is 2. The number of nitrogens with two attached hydrogens (primary N) is 1. The van der Waals surface area contributed by atoms with Crippen LogP contribution in [0, 0.1) is 0 Å². The molecule has 33 heavy (non-hydrogen) atoms. The fourth-order valence-electron chi connectivity index (χ4n) is 2.98. The third-order valence-corrected chi connectivity index (χ3v) is 5.44. The molecule has 0 aliphatic heterocycles. The van der Waals surface area contributed by atoms with E-state index in [2.05, 4.69) is 5.32 Å². The molecule has 0 saturated heterocycles. The second kappa shape index (κ2) is 10.6. The smallest absolute Gasteiger partial charge is 0.339 e.